The van der Waals surface area contributed by atoms with Gasteiger partial charge in [-0.1, -0.05) is 6.07 Å². The summed E-state index contributed by atoms with van der Waals surface area (Å²) in [5, 5.41) is 12.8. The molecule has 5 heteroatoms. The molecule has 0 aliphatic heterocycles. The van der Waals surface area contributed by atoms with Gasteiger partial charge < -0.3 is 20.9 Å². The summed E-state index contributed by atoms with van der Waals surface area (Å²) >= 11 is 0. The molecule has 0 fully saturated rings. The van der Waals surface area contributed by atoms with E-state index in [-0.39, 0.29) is 13.2 Å². The minimum Gasteiger partial charge on any atom is -0.491 e. The summed E-state index contributed by atoms with van der Waals surface area (Å²) in [6, 6.07) is 5.89. The first-order chi connectivity index (χ1) is 9.20. The minimum atomic E-state index is -0.846. The maximum atomic E-state index is 11.1. The number of aliphatic hydroxyl groups excluding tert-OH is 1. The van der Waals surface area contributed by atoms with E-state index in [0.717, 1.165) is 16.9 Å². The van der Waals surface area contributed by atoms with Gasteiger partial charge in [-0.25, -0.2) is 0 Å². The number of rotatable bonds is 7. The first-order valence-corrected chi connectivity index (χ1v) is 6.65. The van der Waals surface area contributed by atoms with Crippen LogP contribution in [0.5, 0.6) is 5.75 Å². The second-order valence-corrected chi connectivity index (χ2v) is 5.66. The highest BCUT2D eigenvalue weighted by atomic mass is 16.5. The lowest BCUT2D eigenvalue weighted by molar-refractivity contribution is -0.123. The molecule has 0 radical (unpaired) electrons. The number of amides is 1. The molecule has 0 bridgehead atoms. The molecule has 1 amide bonds. The molecule has 0 saturated heterocycles. The fourth-order valence-corrected chi connectivity index (χ4v) is 1.73. The maximum absolute atomic E-state index is 11.1. The van der Waals surface area contributed by atoms with Crippen molar-refractivity contribution >= 4 is 5.91 Å². The Kier molecular flexibility index (Phi) is 5.53. The van der Waals surface area contributed by atoms with E-state index in [1.807, 2.05) is 26.0 Å². The van der Waals surface area contributed by atoms with Crippen LogP contribution >= 0.6 is 0 Å². The van der Waals surface area contributed by atoms with Crippen LogP contribution in [-0.4, -0.2) is 35.8 Å². The highest BCUT2D eigenvalue weighted by Crippen LogP contribution is 2.16. The number of carbonyl (C=O) groups is 1. The normalized spacial score (nSPS) is 13.1. The first kappa shape index (κ1) is 16.5. The minimum absolute atomic E-state index is 0.157. The van der Waals surface area contributed by atoms with Crippen LogP contribution in [0.1, 0.15) is 25.0 Å². The van der Waals surface area contributed by atoms with Crippen LogP contribution in [0.2, 0.25) is 0 Å². The predicted octanol–water partition coefficient (Wildman–Crippen LogP) is 0.897. The van der Waals surface area contributed by atoms with E-state index in [4.69, 9.17) is 10.5 Å². The molecule has 1 rings (SSSR count). The van der Waals surface area contributed by atoms with E-state index < -0.39 is 17.6 Å². The lowest BCUT2D eigenvalue weighted by Gasteiger charge is -2.24. The number of ether oxygens (including phenoxy) is 1. The smallest absolute Gasteiger partial charge is 0.237 e. The van der Waals surface area contributed by atoms with Crippen molar-refractivity contribution in [1.29, 1.82) is 0 Å². The van der Waals surface area contributed by atoms with Crippen LogP contribution in [-0.2, 0) is 4.79 Å². The molecule has 112 valence electrons. The topological polar surface area (TPSA) is 84.6 Å². The lowest BCUT2D eigenvalue weighted by atomic mass is 10.1. The quantitative estimate of drug-likeness (QED) is 0.692. The van der Waals surface area contributed by atoms with Gasteiger partial charge in [-0.2, -0.15) is 0 Å². The number of benzene rings is 1. The molecule has 0 heterocycles. The third-order valence-corrected chi connectivity index (χ3v) is 3.03. The van der Waals surface area contributed by atoms with Gasteiger partial charge in [0.2, 0.25) is 5.91 Å². The van der Waals surface area contributed by atoms with E-state index >= 15 is 0 Å². The number of aryl methyl sites for hydroxylation is 2. The number of primary amides is 1. The number of nitrogens with two attached hydrogens (primary N) is 1. The average Bonchev–Trinajstić information content (AvgIpc) is 2.32. The second kappa shape index (κ2) is 6.72. The molecule has 1 atom stereocenters. The molecule has 1 unspecified atom stereocenters. The van der Waals surface area contributed by atoms with Crippen molar-refractivity contribution in [2.24, 2.45) is 5.73 Å². The van der Waals surface area contributed by atoms with Gasteiger partial charge in [0.05, 0.1) is 5.54 Å². The van der Waals surface area contributed by atoms with Crippen LogP contribution in [0.3, 0.4) is 0 Å². The highest BCUT2D eigenvalue weighted by Gasteiger charge is 2.24. The molecule has 0 aromatic heterocycles. The molecular formula is C15H24N2O3. The molecule has 5 nitrogen and oxygen atoms in total. The number of nitrogens with one attached hydrogen (secondary N) is 1. The van der Waals surface area contributed by atoms with Gasteiger partial charge in [-0.3, -0.25) is 4.79 Å². The molecular weight excluding hydrogens is 256 g/mol. The molecule has 0 aliphatic carbocycles. The van der Waals surface area contributed by atoms with Crippen molar-refractivity contribution in [3.05, 3.63) is 29.3 Å². The first-order valence-electron chi connectivity index (χ1n) is 6.65. The summed E-state index contributed by atoms with van der Waals surface area (Å²) in [4.78, 5) is 11.1. The van der Waals surface area contributed by atoms with Gasteiger partial charge in [0.25, 0.3) is 0 Å². The number of β-amino-alcohol motifs (C(OH)–C–C–N with tert-alkyl or cyclic N) is 1. The zero-order valence-electron chi connectivity index (χ0n) is 12.6. The molecule has 20 heavy (non-hydrogen) atoms. The average molecular weight is 280 g/mol. The Morgan fingerprint density at radius 1 is 1.35 bits per heavy atom. The van der Waals surface area contributed by atoms with E-state index in [9.17, 15) is 9.90 Å². The van der Waals surface area contributed by atoms with E-state index in [1.54, 1.807) is 13.8 Å². The van der Waals surface area contributed by atoms with Crippen molar-refractivity contribution < 1.29 is 14.6 Å². The third kappa shape index (κ3) is 5.19. The Morgan fingerprint density at radius 2 is 1.90 bits per heavy atom. The summed E-state index contributed by atoms with van der Waals surface area (Å²) in [5.41, 5.74) is 6.62. The largest absolute Gasteiger partial charge is 0.491 e. The van der Waals surface area contributed by atoms with E-state index in [0.29, 0.717) is 0 Å². The van der Waals surface area contributed by atoms with Crippen molar-refractivity contribution in [1.82, 2.24) is 5.32 Å². The lowest BCUT2D eigenvalue weighted by Crippen LogP contribution is -2.53. The van der Waals surface area contributed by atoms with Crippen LogP contribution in [0.15, 0.2) is 18.2 Å². The van der Waals surface area contributed by atoms with E-state index in [2.05, 4.69) is 11.4 Å². The van der Waals surface area contributed by atoms with Crippen LogP contribution in [0.25, 0.3) is 0 Å². The SMILES string of the molecule is Cc1cc(C)cc(OCC(O)CNC(C)(C)C(N)=O)c1. The van der Waals surface area contributed by atoms with E-state index in [1.165, 1.54) is 0 Å². The predicted molar refractivity (Wildman–Crippen MR) is 78.7 cm³/mol. The Labute approximate surface area is 120 Å². The van der Waals surface area contributed by atoms with Crippen LogP contribution in [0, 0.1) is 13.8 Å². The Hall–Kier alpha value is -1.59. The molecule has 1 aromatic rings. The van der Waals surface area contributed by atoms with Gasteiger partial charge in [-0.15, -0.1) is 0 Å². The summed E-state index contributed by atoms with van der Waals surface area (Å²) in [5.74, 6) is 0.274. The number of carbonyl (C=O) groups excluding carboxylic acids is 1. The Balaban J connectivity index is 2.43. The van der Waals surface area contributed by atoms with Gasteiger partial charge in [0.15, 0.2) is 0 Å². The summed E-state index contributed by atoms with van der Waals surface area (Å²) < 4.78 is 5.55. The van der Waals surface area contributed by atoms with Crippen molar-refractivity contribution in [3.8, 4) is 5.75 Å². The summed E-state index contributed by atoms with van der Waals surface area (Å²) in [6.45, 7) is 7.73. The molecule has 0 spiro atoms. The van der Waals surface area contributed by atoms with Gasteiger partial charge in [0.1, 0.15) is 18.5 Å². The zero-order chi connectivity index (χ0) is 15.3. The fourth-order valence-electron chi connectivity index (χ4n) is 1.73. The second-order valence-electron chi connectivity index (χ2n) is 5.66. The molecule has 1 aromatic carbocycles. The maximum Gasteiger partial charge on any atom is 0.237 e. The molecule has 0 aliphatic rings. The Bertz CT molecular complexity index is 452. The van der Waals surface area contributed by atoms with Gasteiger partial charge in [0, 0.05) is 6.54 Å². The van der Waals surface area contributed by atoms with Crippen LogP contribution in [0.4, 0.5) is 0 Å². The summed E-state index contributed by atoms with van der Waals surface area (Å²) in [6.07, 6.45) is -0.713. The van der Waals surface area contributed by atoms with Crippen molar-refractivity contribution in [3.63, 3.8) is 0 Å². The fraction of sp³-hybridized carbons (Fsp3) is 0.533. The molecule has 0 saturated carbocycles. The number of hydrogen-bond donors (Lipinski definition) is 3. The third-order valence-electron chi connectivity index (χ3n) is 3.03. The van der Waals surface area contributed by atoms with Crippen molar-refractivity contribution in [2.45, 2.75) is 39.3 Å². The molecule has 4 N–H and O–H groups in total. The Morgan fingerprint density at radius 3 is 2.40 bits per heavy atom. The number of hydrogen-bond acceptors (Lipinski definition) is 4. The highest BCUT2D eigenvalue weighted by molar-refractivity contribution is 5.83. The summed E-state index contributed by atoms with van der Waals surface area (Å²) in [7, 11) is 0. The van der Waals surface area contributed by atoms with Gasteiger partial charge in [-0.05, 0) is 51.0 Å². The van der Waals surface area contributed by atoms with Crippen LogP contribution < -0.4 is 15.8 Å². The van der Waals surface area contributed by atoms with Gasteiger partial charge >= 0.3 is 0 Å². The van der Waals surface area contributed by atoms with Crippen molar-refractivity contribution in [2.75, 3.05) is 13.2 Å². The number of aliphatic hydroxyl groups is 1. The zero-order valence-corrected chi connectivity index (χ0v) is 12.6. The standard InChI is InChI=1S/C15H24N2O3/c1-10-5-11(2)7-13(6-10)20-9-12(18)8-17-15(3,4)14(16)19/h5-7,12,17-18H,8-9H2,1-4H3,(H2,16,19). The monoisotopic (exact) mass is 280 g/mol.